The van der Waals surface area contributed by atoms with Crippen molar-refractivity contribution in [2.24, 2.45) is 0 Å². The van der Waals surface area contributed by atoms with Gasteiger partial charge < -0.3 is 14.8 Å². The minimum atomic E-state index is -0.434. The van der Waals surface area contributed by atoms with Gasteiger partial charge in [0.05, 0.1) is 19.3 Å². The minimum absolute atomic E-state index is 0.434. The molecule has 0 spiro atoms. The van der Waals surface area contributed by atoms with Crippen LogP contribution >= 0.6 is 0 Å². The summed E-state index contributed by atoms with van der Waals surface area (Å²) in [4.78, 5) is 0. The molecule has 0 saturated carbocycles. The fourth-order valence-corrected chi connectivity index (χ4v) is 2.05. The van der Waals surface area contributed by atoms with E-state index in [9.17, 15) is 5.26 Å². The maximum Gasteiger partial charge on any atom is 0.122 e. The van der Waals surface area contributed by atoms with Crippen molar-refractivity contribution in [2.45, 2.75) is 38.6 Å². The van der Waals surface area contributed by atoms with Crippen LogP contribution in [-0.4, -0.2) is 25.8 Å². The largest absolute Gasteiger partial charge is 0.494 e. The topological polar surface area (TPSA) is 54.3 Å². The molecule has 0 amide bonds. The number of ether oxygens (including phenoxy) is 2. The second-order valence-electron chi connectivity index (χ2n) is 4.66. The molecule has 4 heteroatoms. The van der Waals surface area contributed by atoms with Crippen LogP contribution in [0.15, 0.2) is 24.3 Å². The van der Waals surface area contributed by atoms with Crippen molar-refractivity contribution in [2.75, 3.05) is 20.3 Å². The fourth-order valence-electron chi connectivity index (χ4n) is 2.05. The predicted octanol–water partition coefficient (Wildman–Crippen LogP) is 3.14. The van der Waals surface area contributed by atoms with Gasteiger partial charge in [-0.2, -0.15) is 5.26 Å². The third-order valence-corrected chi connectivity index (χ3v) is 3.43. The SMILES string of the molecule is CCOc1cccc(OCCCC(C#N)(CC)NC)c1. The number of benzene rings is 1. The number of hydrogen-bond acceptors (Lipinski definition) is 4. The first kappa shape index (κ1) is 16.3. The summed E-state index contributed by atoms with van der Waals surface area (Å²) in [5, 5.41) is 12.3. The van der Waals surface area contributed by atoms with E-state index < -0.39 is 5.54 Å². The maximum atomic E-state index is 9.22. The Labute approximate surface area is 121 Å². The number of rotatable bonds is 9. The third kappa shape index (κ3) is 4.75. The van der Waals surface area contributed by atoms with Crippen molar-refractivity contribution in [3.8, 4) is 17.6 Å². The Morgan fingerprint density at radius 2 is 1.95 bits per heavy atom. The monoisotopic (exact) mass is 276 g/mol. The smallest absolute Gasteiger partial charge is 0.122 e. The van der Waals surface area contributed by atoms with Gasteiger partial charge in [0.25, 0.3) is 0 Å². The van der Waals surface area contributed by atoms with Crippen molar-refractivity contribution in [1.29, 1.82) is 5.26 Å². The molecule has 0 fully saturated rings. The van der Waals surface area contributed by atoms with Gasteiger partial charge in [0.1, 0.15) is 17.0 Å². The molecule has 4 nitrogen and oxygen atoms in total. The molecule has 1 N–H and O–H groups in total. The van der Waals surface area contributed by atoms with Crippen molar-refractivity contribution < 1.29 is 9.47 Å². The van der Waals surface area contributed by atoms with E-state index in [1.807, 2.05) is 45.2 Å². The Hall–Kier alpha value is -1.73. The van der Waals surface area contributed by atoms with E-state index in [1.54, 1.807) is 0 Å². The summed E-state index contributed by atoms with van der Waals surface area (Å²) in [6, 6.07) is 9.98. The second-order valence-corrected chi connectivity index (χ2v) is 4.66. The Bertz CT molecular complexity index is 436. The van der Waals surface area contributed by atoms with E-state index in [2.05, 4.69) is 11.4 Å². The summed E-state index contributed by atoms with van der Waals surface area (Å²) in [5.41, 5.74) is -0.434. The van der Waals surface area contributed by atoms with Crippen LogP contribution in [-0.2, 0) is 0 Å². The lowest BCUT2D eigenvalue weighted by atomic mass is 9.92. The van der Waals surface area contributed by atoms with E-state index in [0.717, 1.165) is 30.8 Å². The molecule has 1 atom stereocenters. The van der Waals surface area contributed by atoms with Crippen LogP contribution in [0.4, 0.5) is 0 Å². The van der Waals surface area contributed by atoms with E-state index in [4.69, 9.17) is 9.47 Å². The molecule has 0 aliphatic carbocycles. The molecule has 1 unspecified atom stereocenters. The number of hydrogen-bond donors (Lipinski definition) is 1. The molecule has 0 bridgehead atoms. The quantitative estimate of drug-likeness (QED) is 0.704. The lowest BCUT2D eigenvalue weighted by Crippen LogP contribution is -2.41. The fraction of sp³-hybridized carbons (Fsp3) is 0.562. The van der Waals surface area contributed by atoms with Crippen LogP contribution in [0.2, 0.25) is 0 Å². The molecular formula is C16H24N2O2. The van der Waals surface area contributed by atoms with E-state index in [1.165, 1.54) is 0 Å². The molecule has 0 saturated heterocycles. The van der Waals surface area contributed by atoms with Crippen LogP contribution < -0.4 is 14.8 Å². The average molecular weight is 276 g/mol. The normalized spacial score (nSPS) is 13.3. The van der Waals surface area contributed by atoms with E-state index in [-0.39, 0.29) is 0 Å². The molecule has 1 aromatic rings. The van der Waals surface area contributed by atoms with Crippen molar-refractivity contribution in [3.05, 3.63) is 24.3 Å². The summed E-state index contributed by atoms with van der Waals surface area (Å²) in [5.74, 6) is 1.62. The molecule has 20 heavy (non-hydrogen) atoms. The van der Waals surface area contributed by atoms with Crippen LogP contribution in [0, 0.1) is 11.3 Å². The first-order valence-electron chi connectivity index (χ1n) is 7.15. The number of nitrogens with one attached hydrogen (secondary N) is 1. The van der Waals surface area contributed by atoms with Crippen molar-refractivity contribution >= 4 is 0 Å². The van der Waals surface area contributed by atoms with Crippen LogP contribution in [0.5, 0.6) is 11.5 Å². The summed E-state index contributed by atoms with van der Waals surface area (Å²) in [6.07, 6.45) is 2.41. The Morgan fingerprint density at radius 3 is 2.50 bits per heavy atom. The highest BCUT2D eigenvalue weighted by Gasteiger charge is 2.24. The number of nitrogens with zero attached hydrogens (tertiary/aromatic N) is 1. The molecule has 1 rings (SSSR count). The molecule has 110 valence electrons. The van der Waals surface area contributed by atoms with Gasteiger partial charge in [-0.15, -0.1) is 0 Å². The zero-order valence-electron chi connectivity index (χ0n) is 12.6. The zero-order valence-corrected chi connectivity index (χ0v) is 12.6. The Kier molecular flexibility index (Phi) is 6.89. The lowest BCUT2D eigenvalue weighted by Gasteiger charge is -2.24. The summed E-state index contributed by atoms with van der Waals surface area (Å²) < 4.78 is 11.1. The first-order valence-corrected chi connectivity index (χ1v) is 7.15. The Balaban J connectivity index is 2.41. The third-order valence-electron chi connectivity index (χ3n) is 3.43. The van der Waals surface area contributed by atoms with Gasteiger partial charge in [0.2, 0.25) is 0 Å². The molecule has 0 radical (unpaired) electrons. The van der Waals surface area contributed by atoms with Crippen molar-refractivity contribution in [1.82, 2.24) is 5.32 Å². The van der Waals surface area contributed by atoms with E-state index in [0.29, 0.717) is 13.2 Å². The lowest BCUT2D eigenvalue weighted by molar-refractivity contribution is 0.278. The average Bonchev–Trinajstić information content (AvgIpc) is 2.49. The highest BCUT2D eigenvalue weighted by atomic mass is 16.5. The van der Waals surface area contributed by atoms with Gasteiger partial charge in [-0.3, -0.25) is 0 Å². The molecule has 0 heterocycles. The van der Waals surface area contributed by atoms with Crippen LogP contribution in [0.1, 0.15) is 33.1 Å². The maximum absolute atomic E-state index is 9.22. The standard InChI is InChI=1S/C16H24N2O2/c1-4-16(13-17,18-3)10-7-11-20-15-9-6-8-14(12-15)19-5-2/h6,8-9,12,18H,4-5,7,10-11H2,1-3H3. The molecule has 0 aliphatic heterocycles. The molecular weight excluding hydrogens is 252 g/mol. The number of nitriles is 1. The van der Waals surface area contributed by atoms with E-state index >= 15 is 0 Å². The highest BCUT2D eigenvalue weighted by Crippen LogP contribution is 2.20. The first-order chi connectivity index (χ1) is 9.69. The van der Waals surface area contributed by atoms with Crippen molar-refractivity contribution in [3.63, 3.8) is 0 Å². The summed E-state index contributed by atoms with van der Waals surface area (Å²) in [6.45, 7) is 5.22. The van der Waals surface area contributed by atoms with Gasteiger partial charge in [-0.25, -0.2) is 0 Å². The van der Waals surface area contributed by atoms with Gasteiger partial charge in [-0.1, -0.05) is 13.0 Å². The highest BCUT2D eigenvalue weighted by molar-refractivity contribution is 5.32. The van der Waals surface area contributed by atoms with Gasteiger partial charge in [-0.05, 0) is 45.4 Å². The van der Waals surface area contributed by atoms with Crippen LogP contribution in [0.25, 0.3) is 0 Å². The van der Waals surface area contributed by atoms with Gasteiger partial charge in [0, 0.05) is 6.07 Å². The zero-order chi connectivity index (χ0) is 14.8. The Morgan fingerprint density at radius 1 is 1.25 bits per heavy atom. The van der Waals surface area contributed by atoms with Gasteiger partial charge >= 0.3 is 0 Å². The minimum Gasteiger partial charge on any atom is -0.494 e. The molecule has 0 aromatic heterocycles. The molecule has 0 aliphatic rings. The van der Waals surface area contributed by atoms with Crippen LogP contribution in [0.3, 0.4) is 0 Å². The van der Waals surface area contributed by atoms with Gasteiger partial charge in [0.15, 0.2) is 0 Å². The second kappa shape index (κ2) is 8.44. The summed E-state index contributed by atoms with van der Waals surface area (Å²) in [7, 11) is 1.83. The summed E-state index contributed by atoms with van der Waals surface area (Å²) >= 11 is 0. The predicted molar refractivity (Wildman–Crippen MR) is 80.0 cm³/mol. The molecule has 1 aromatic carbocycles.